The third-order valence-corrected chi connectivity index (χ3v) is 8.35. The lowest BCUT2D eigenvalue weighted by Crippen LogP contribution is -2.47. The molecule has 7 heteroatoms. The number of sulfonamides is 1. The van der Waals surface area contributed by atoms with Crippen LogP contribution in [-0.4, -0.2) is 67.7 Å². The van der Waals surface area contributed by atoms with Crippen molar-refractivity contribution in [3.05, 3.63) is 71.8 Å². The van der Waals surface area contributed by atoms with Crippen LogP contribution in [0.15, 0.2) is 65.6 Å². The van der Waals surface area contributed by atoms with Crippen molar-refractivity contribution >= 4 is 22.0 Å². The van der Waals surface area contributed by atoms with Gasteiger partial charge in [0, 0.05) is 51.9 Å². The van der Waals surface area contributed by atoms with Crippen LogP contribution in [0.3, 0.4) is 0 Å². The first kappa shape index (κ1) is 23.7. The van der Waals surface area contributed by atoms with E-state index in [0.29, 0.717) is 31.1 Å². The summed E-state index contributed by atoms with van der Waals surface area (Å²) in [6, 6.07) is 17.2. The van der Waals surface area contributed by atoms with E-state index in [1.165, 1.54) is 5.56 Å². The highest BCUT2D eigenvalue weighted by molar-refractivity contribution is 7.89. The van der Waals surface area contributed by atoms with Crippen molar-refractivity contribution in [2.75, 3.05) is 39.3 Å². The Balaban J connectivity index is 1.29. The molecule has 2 aliphatic heterocycles. The first-order valence-corrected chi connectivity index (χ1v) is 13.3. The molecule has 2 fully saturated rings. The minimum absolute atomic E-state index is 0.00405. The highest BCUT2D eigenvalue weighted by atomic mass is 32.2. The quantitative estimate of drug-likeness (QED) is 0.609. The highest BCUT2D eigenvalue weighted by Gasteiger charge is 2.25. The maximum Gasteiger partial charge on any atom is 0.246 e. The molecule has 0 bridgehead atoms. The van der Waals surface area contributed by atoms with Crippen LogP contribution in [0, 0.1) is 0 Å². The zero-order chi connectivity index (χ0) is 23.1. The van der Waals surface area contributed by atoms with Gasteiger partial charge in [-0.05, 0) is 42.2 Å². The van der Waals surface area contributed by atoms with Crippen molar-refractivity contribution in [1.29, 1.82) is 0 Å². The molecule has 6 nitrogen and oxygen atoms in total. The minimum Gasteiger partial charge on any atom is -0.337 e. The van der Waals surface area contributed by atoms with Gasteiger partial charge in [-0.15, -0.1) is 0 Å². The number of rotatable bonds is 6. The molecule has 2 aliphatic rings. The number of carbonyl (C=O) groups is 1. The van der Waals surface area contributed by atoms with E-state index >= 15 is 0 Å². The second-order valence-electron chi connectivity index (χ2n) is 8.81. The Morgan fingerprint density at radius 2 is 1.42 bits per heavy atom. The molecular weight excluding hydrogens is 434 g/mol. The fourth-order valence-corrected chi connectivity index (χ4v) is 5.94. The van der Waals surface area contributed by atoms with Gasteiger partial charge in [-0.3, -0.25) is 9.69 Å². The predicted molar refractivity (Wildman–Crippen MR) is 131 cm³/mol. The summed E-state index contributed by atoms with van der Waals surface area (Å²) in [4.78, 5) is 17.2. The minimum atomic E-state index is -3.45. The van der Waals surface area contributed by atoms with Crippen molar-refractivity contribution in [2.24, 2.45) is 0 Å². The summed E-state index contributed by atoms with van der Waals surface area (Å²) in [5.74, 6) is -0.00405. The SMILES string of the molecule is O=C(/C=C/c1ccc(S(=O)(=O)N2CCCCCC2)cc1)N1CCN(Cc2ccccc2)CC1. The molecule has 0 aliphatic carbocycles. The Hall–Kier alpha value is -2.48. The van der Waals surface area contributed by atoms with Crippen LogP contribution in [0.25, 0.3) is 6.08 Å². The molecule has 0 N–H and O–H groups in total. The molecule has 0 spiro atoms. The lowest BCUT2D eigenvalue weighted by molar-refractivity contribution is -0.127. The summed E-state index contributed by atoms with van der Waals surface area (Å²) in [5.41, 5.74) is 2.11. The number of nitrogens with zero attached hydrogens (tertiary/aromatic N) is 3. The van der Waals surface area contributed by atoms with Gasteiger partial charge in [0.05, 0.1) is 4.90 Å². The molecule has 4 rings (SSSR count). The van der Waals surface area contributed by atoms with Gasteiger partial charge < -0.3 is 4.90 Å². The van der Waals surface area contributed by atoms with Crippen molar-refractivity contribution < 1.29 is 13.2 Å². The summed E-state index contributed by atoms with van der Waals surface area (Å²) in [7, 11) is -3.45. The zero-order valence-electron chi connectivity index (χ0n) is 19.1. The van der Waals surface area contributed by atoms with Gasteiger partial charge in [-0.2, -0.15) is 4.31 Å². The van der Waals surface area contributed by atoms with Crippen molar-refractivity contribution in [3.8, 4) is 0 Å². The number of piperazine rings is 1. The van der Waals surface area contributed by atoms with E-state index in [-0.39, 0.29) is 5.91 Å². The predicted octanol–water partition coefficient (Wildman–Crippen LogP) is 3.61. The normalized spacial score (nSPS) is 19.0. The molecule has 2 heterocycles. The van der Waals surface area contributed by atoms with E-state index < -0.39 is 10.0 Å². The van der Waals surface area contributed by atoms with Crippen molar-refractivity contribution in [3.63, 3.8) is 0 Å². The summed E-state index contributed by atoms with van der Waals surface area (Å²) >= 11 is 0. The van der Waals surface area contributed by atoms with Crippen LogP contribution in [0.4, 0.5) is 0 Å². The molecule has 176 valence electrons. The van der Waals surface area contributed by atoms with E-state index in [4.69, 9.17) is 0 Å². The fraction of sp³-hybridized carbons (Fsp3) is 0.423. The lowest BCUT2D eigenvalue weighted by atomic mass is 10.2. The van der Waals surface area contributed by atoms with Crippen LogP contribution >= 0.6 is 0 Å². The molecule has 2 aromatic rings. The molecule has 33 heavy (non-hydrogen) atoms. The fourth-order valence-electron chi connectivity index (χ4n) is 4.42. The van der Waals surface area contributed by atoms with Crippen LogP contribution in [0.2, 0.25) is 0 Å². The smallest absolute Gasteiger partial charge is 0.246 e. The summed E-state index contributed by atoms with van der Waals surface area (Å²) in [5, 5.41) is 0. The standard InChI is InChI=1S/C26H33N3O3S/c30-26(28-20-18-27(19-21-28)22-24-8-4-3-5-9-24)15-12-23-10-13-25(14-11-23)33(31,32)29-16-6-1-2-7-17-29/h3-5,8-15H,1-2,6-7,16-22H2/b15-12+. The third kappa shape index (κ3) is 6.31. The van der Waals surface area contributed by atoms with E-state index in [2.05, 4.69) is 29.2 Å². The van der Waals surface area contributed by atoms with Crippen LogP contribution in [0.5, 0.6) is 0 Å². The summed E-state index contributed by atoms with van der Waals surface area (Å²) in [6.07, 6.45) is 7.37. The first-order chi connectivity index (χ1) is 16.0. The number of amides is 1. The second kappa shape index (κ2) is 11.1. The topological polar surface area (TPSA) is 60.9 Å². The molecule has 1 amide bonds. The monoisotopic (exact) mass is 467 g/mol. The molecule has 0 saturated carbocycles. The number of carbonyl (C=O) groups excluding carboxylic acids is 1. The second-order valence-corrected chi connectivity index (χ2v) is 10.7. The van der Waals surface area contributed by atoms with Crippen LogP contribution in [-0.2, 0) is 21.4 Å². The van der Waals surface area contributed by atoms with Gasteiger partial charge in [0.2, 0.25) is 15.9 Å². The van der Waals surface area contributed by atoms with Gasteiger partial charge in [0.15, 0.2) is 0 Å². The highest BCUT2D eigenvalue weighted by Crippen LogP contribution is 2.21. The molecule has 0 atom stereocenters. The maximum atomic E-state index is 12.9. The summed E-state index contributed by atoms with van der Waals surface area (Å²) < 4.78 is 27.4. The lowest BCUT2D eigenvalue weighted by Gasteiger charge is -2.34. The molecular formula is C26H33N3O3S. The first-order valence-electron chi connectivity index (χ1n) is 11.9. The van der Waals surface area contributed by atoms with Crippen LogP contribution in [0.1, 0.15) is 36.8 Å². The Morgan fingerprint density at radius 3 is 2.06 bits per heavy atom. The van der Waals surface area contributed by atoms with Crippen molar-refractivity contribution in [1.82, 2.24) is 14.1 Å². The van der Waals surface area contributed by atoms with Gasteiger partial charge in [-0.25, -0.2) is 8.42 Å². The van der Waals surface area contributed by atoms with Gasteiger partial charge >= 0.3 is 0 Å². The average molecular weight is 468 g/mol. The van der Waals surface area contributed by atoms with E-state index in [0.717, 1.165) is 50.9 Å². The maximum absolute atomic E-state index is 12.9. The molecule has 0 unspecified atom stereocenters. The van der Waals surface area contributed by atoms with Gasteiger partial charge in [0.25, 0.3) is 0 Å². The van der Waals surface area contributed by atoms with Gasteiger partial charge in [0.1, 0.15) is 0 Å². The molecule has 2 saturated heterocycles. The number of benzene rings is 2. The molecule has 2 aromatic carbocycles. The van der Waals surface area contributed by atoms with Gasteiger partial charge in [-0.1, -0.05) is 55.3 Å². The molecule has 0 radical (unpaired) electrons. The van der Waals surface area contributed by atoms with E-state index in [1.54, 1.807) is 40.7 Å². The number of hydrogen-bond acceptors (Lipinski definition) is 4. The summed E-state index contributed by atoms with van der Waals surface area (Å²) in [6.45, 7) is 5.24. The Kier molecular flexibility index (Phi) is 7.96. The average Bonchev–Trinajstić information content (AvgIpc) is 3.14. The van der Waals surface area contributed by atoms with E-state index in [9.17, 15) is 13.2 Å². The third-order valence-electron chi connectivity index (χ3n) is 6.43. The van der Waals surface area contributed by atoms with E-state index in [1.807, 2.05) is 11.0 Å². The van der Waals surface area contributed by atoms with Crippen molar-refractivity contribution in [2.45, 2.75) is 37.1 Å². The molecule has 0 aromatic heterocycles. The Morgan fingerprint density at radius 1 is 0.788 bits per heavy atom. The largest absolute Gasteiger partial charge is 0.337 e. The zero-order valence-corrected chi connectivity index (χ0v) is 19.9. The number of hydrogen-bond donors (Lipinski definition) is 0. The Bertz CT molecular complexity index is 1040. The Labute approximate surface area is 197 Å². The van der Waals surface area contributed by atoms with Crippen LogP contribution < -0.4 is 0 Å².